The summed E-state index contributed by atoms with van der Waals surface area (Å²) in [6.07, 6.45) is -5.24. The van der Waals surface area contributed by atoms with Crippen LogP contribution < -0.4 is 10.6 Å². The van der Waals surface area contributed by atoms with Crippen molar-refractivity contribution in [1.29, 1.82) is 0 Å². The topological polar surface area (TPSA) is 78.4 Å². The van der Waals surface area contributed by atoms with E-state index in [0.717, 1.165) is 0 Å². The van der Waals surface area contributed by atoms with Crippen molar-refractivity contribution in [2.24, 2.45) is 0 Å². The lowest BCUT2D eigenvalue weighted by atomic mass is 10.1. The van der Waals surface area contributed by atoms with E-state index in [2.05, 4.69) is 10.6 Å². The summed E-state index contributed by atoms with van der Waals surface area (Å²) in [5.41, 5.74) is 0.758. The summed E-state index contributed by atoms with van der Waals surface area (Å²) in [5, 5.41) is 13.4. The second-order valence-electron chi connectivity index (χ2n) is 4.75. The molecule has 0 saturated heterocycles. The van der Waals surface area contributed by atoms with Crippen molar-refractivity contribution in [2.45, 2.75) is 38.5 Å². The van der Waals surface area contributed by atoms with Crippen LogP contribution in [-0.2, 0) is 6.54 Å². The number of hydrogen-bond donors (Lipinski definition) is 3. The number of nitrogens with one attached hydrogen (secondary N) is 2. The second kappa shape index (κ2) is 7.67. The van der Waals surface area contributed by atoms with Crippen LogP contribution in [0.1, 0.15) is 35.7 Å². The van der Waals surface area contributed by atoms with E-state index in [1.807, 2.05) is 0 Å². The number of carboxylic acids is 1. The smallest absolute Gasteiger partial charge is 0.391 e. The Bertz CT molecular complexity index is 515. The number of urea groups is 1. The Balaban J connectivity index is 2.46. The third-order valence-electron chi connectivity index (χ3n) is 2.96. The quantitative estimate of drug-likeness (QED) is 0.754. The van der Waals surface area contributed by atoms with E-state index in [4.69, 9.17) is 5.11 Å². The predicted octanol–water partition coefficient (Wildman–Crippen LogP) is 2.92. The molecular weight excluding hydrogens is 301 g/mol. The first-order valence-electron chi connectivity index (χ1n) is 6.64. The number of carboxylic acid groups (broad SMARTS) is 1. The van der Waals surface area contributed by atoms with Gasteiger partial charge in [-0.1, -0.05) is 19.1 Å². The molecule has 22 heavy (non-hydrogen) atoms. The Morgan fingerprint density at radius 3 is 2.27 bits per heavy atom. The minimum Gasteiger partial charge on any atom is -0.478 e. The second-order valence-corrected chi connectivity index (χ2v) is 4.75. The van der Waals surface area contributed by atoms with Crippen molar-refractivity contribution < 1.29 is 27.9 Å². The largest absolute Gasteiger partial charge is 0.478 e. The Hall–Kier alpha value is -2.25. The van der Waals surface area contributed by atoms with Crippen LogP contribution in [0.15, 0.2) is 24.3 Å². The van der Waals surface area contributed by atoms with Gasteiger partial charge >= 0.3 is 18.2 Å². The molecule has 0 radical (unpaired) electrons. The van der Waals surface area contributed by atoms with E-state index in [-0.39, 0.29) is 18.5 Å². The van der Waals surface area contributed by atoms with E-state index < -0.39 is 30.6 Å². The van der Waals surface area contributed by atoms with Crippen molar-refractivity contribution in [3.05, 3.63) is 35.4 Å². The van der Waals surface area contributed by atoms with Crippen molar-refractivity contribution in [3.63, 3.8) is 0 Å². The molecule has 0 fully saturated rings. The van der Waals surface area contributed by atoms with E-state index >= 15 is 0 Å². The van der Waals surface area contributed by atoms with Gasteiger partial charge in [0.15, 0.2) is 0 Å². The number of hydrogen-bond acceptors (Lipinski definition) is 2. The van der Waals surface area contributed by atoms with Crippen LogP contribution in [0.25, 0.3) is 0 Å². The van der Waals surface area contributed by atoms with E-state index in [0.29, 0.717) is 5.56 Å². The predicted molar refractivity (Wildman–Crippen MR) is 73.5 cm³/mol. The monoisotopic (exact) mass is 318 g/mol. The van der Waals surface area contributed by atoms with Crippen LogP contribution in [0.2, 0.25) is 0 Å². The minimum absolute atomic E-state index is 0.0915. The average Bonchev–Trinajstić information content (AvgIpc) is 2.43. The van der Waals surface area contributed by atoms with Crippen LogP contribution in [0.5, 0.6) is 0 Å². The fourth-order valence-electron chi connectivity index (χ4n) is 1.76. The highest BCUT2D eigenvalue weighted by molar-refractivity contribution is 5.87. The van der Waals surface area contributed by atoms with Gasteiger partial charge in [0.25, 0.3) is 0 Å². The number of carbonyl (C=O) groups is 2. The van der Waals surface area contributed by atoms with Gasteiger partial charge in [0.1, 0.15) is 0 Å². The fourth-order valence-corrected chi connectivity index (χ4v) is 1.76. The molecule has 122 valence electrons. The summed E-state index contributed by atoms with van der Waals surface area (Å²) in [5.74, 6) is -1.06. The lowest BCUT2D eigenvalue weighted by Crippen LogP contribution is -2.43. The number of alkyl halides is 3. The zero-order valence-electron chi connectivity index (χ0n) is 11.9. The molecule has 1 atom stereocenters. The lowest BCUT2D eigenvalue weighted by molar-refractivity contribution is -0.139. The van der Waals surface area contributed by atoms with Gasteiger partial charge in [0.2, 0.25) is 0 Å². The average molecular weight is 318 g/mol. The summed E-state index contributed by atoms with van der Waals surface area (Å²) in [6, 6.07) is 4.15. The van der Waals surface area contributed by atoms with Crippen LogP contribution in [-0.4, -0.2) is 29.3 Å². The minimum atomic E-state index is -4.33. The number of aromatic carboxylic acids is 1. The molecule has 1 aromatic rings. The number of rotatable bonds is 6. The molecule has 5 nitrogen and oxygen atoms in total. The van der Waals surface area contributed by atoms with Gasteiger partial charge in [-0.05, 0) is 24.1 Å². The highest BCUT2D eigenvalue weighted by Gasteiger charge is 2.31. The zero-order valence-corrected chi connectivity index (χ0v) is 11.9. The van der Waals surface area contributed by atoms with Crippen molar-refractivity contribution in [1.82, 2.24) is 10.6 Å². The van der Waals surface area contributed by atoms with Gasteiger partial charge in [0.05, 0.1) is 12.0 Å². The summed E-state index contributed by atoms with van der Waals surface area (Å²) in [6.45, 7) is 1.65. The van der Waals surface area contributed by atoms with E-state index in [9.17, 15) is 22.8 Å². The maximum Gasteiger partial charge on any atom is 0.391 e. The third kappa shape index (κ3) is 6.47. The molecule has 8 heteroatoms. The first-order valence-corrected chi connectivity index (χ1v) is 6.64. The van der Waals surface area contributed by atoms with E-state index in [1.165, 1.54) is 24.3 Å². The van der Waals surface area contributed by atoms with Gasteiger partial charge in [-0.3, -0.25) is 0 Å². The summed E-state index contributed by atoms with van der Waals surface area (Å²) in [4.78, 5) is 22.2. The first kappa shape index (κ1) is 17.8. The van der Waals surface area contributed by atoms with Gasteiger partial charge < -0.3 is 15.7 Å². The van der Waals surface area contributed by atoms with Crippen molar-refractivity contribution >= 4 is 12.0 Å². The molecule has 0 spiro atoms. The van der Waals surface area contributed by atoms with Gasteiger partial charge in [-0.2, -0.15) is 13.2 Å². The SMILES string of the molecule is CCC(CC(F)(F)F)NC(=O)NCc1ccc(C(=O)O)cc1. The third-order valence-corrected chi connectivity index (χ3v) is 2.96. The molecular formula is C14H17F3N2O3. The van der Waals surface area contributed by atoms with E-state index in [1.54, 1.807) is 6.92 Å². The molecule has 1 rings (SSSR count). The Labute approximate surface area is 125 Å². The highest BCUT2D eigenvalue weighted by Crippen LogP contribution is 2.22. The fraction of sp³-hybridized carbons (Fsp3) is 0.429. The maximum absolute atomic E-state index is 12.3. The molecule has 0 aliphatic carbocycles. The molecule has 0 bridgehead atoms. The Morgan fingerprint density at radius 1 is 1.23 bits per heavy atom. The van der Waals surface area contributed by atoms with Crippen LogP contribution in [0, 0.1) is 0 Å². The molecule has 2 amide bonds. The summed E-state index contributed by atoms with van der Waals surface area (Å²) >= 11 is 0. The number of benzene rings is 1. The number of amides is 2. The van der Waals surface area contributed by atoms with Gasteiger partial charge in [-0.25, -0.2) is 9.59 Å². The van der Waals surface area contributed by atoms with Gasteiger partial charge in [-0.15, -0.1) is 0 Å². The van der Waals surface area contributed by atoms with Gasteiger partial charge in [0, 0.05) is 12.6 Å². The molecule has 0 aliphatic heterocycles. The summed E-state index contributed by atoms with van der Waals surface area (Å²) in [7, 11) is 0. The van der Waals surface area contributed by atoms with Crippen LogP contribution in [0.3, 0.4) is 0 Å². The molecule has 0 heterocycles. The van der Waals surface area contributed by atoms with Crippen LogP contribution in [0.4, 0.5) is 18.0 Å². The molecule has 0 aliphatic rings. The molecule has 1 aromatic carbocycles. The Morgan fingerprint density at radius 2 is 1.82 bits per heavy atom. The van der Waals surface area contributed by atoms with Crippen LogP contribution >= 0.6 is 0 Å². The Kier molecular flexibility index (Phi) is 6.21. The standard InChI is InChI=1S/C14H17F3N2O3/c1-2-11(7-14(15,16)17)19-13(22)18-8-9-3-5-10(6-4-9)12(20)21/h3-6,11H,2,7-8H2,1H3,(H,20,21)(H2,18,19,22). The number of carbonyl (C=O) groups excluding carboxylic acids is 1. The molecule has 0 saturated carbocycles. The number of halogens is 3. The first-order chi connectivity index (χ1) is 10.2. The molecule has 3 N–H and O–H groups in total. The lowest BCUT2D eigenvalue weighted by Gasteiger charge is -2.19. The maximum atomic E-state index is 12.3. The summed E-state index contributed by atoms with van der Waals surface area (Å²) < 4.78 is 36.8. The highest BCUT2D eigenvalue weighted by atomic mass is 19.4. The molecule has 0 aromatic heterocycles. The normalized spacial score (nSPS) is 12.5. The van der Waals surface area contributed by atoms with Crippen molar-refractivity contribution in [2.75, 3.05) is 0 Å². The zero-order chi connectivity index (χ0) is 16.8. The molecule has 1 unspecified atom stereocenters. The van der Waals surface area contributed by atoms with Crippen molar-refractivity contribution in [3.8, 4) is 0 Å².